The van der Waals surface area contributed by atoms with Gasteiger partial charge in [-0.15, -0.1) is 0 Å². The van der Waals surface area contributed by atoms with Crippen LogP contribution in [0.4, 0.5) is 5.69 Å². The molecule has 0 aliphatic heterocycles. The lowest BCUT2D eigenvalue weighted by Gasteiger charge is -2.12. The summed E-state index contributed by atoms with van der Waals surface area (Å²) >= 11 is 0. The first kappa shape index (κ1) is 13.9. The Balaban J connectivity index is 3.48. The van der Waals surface area contributed by atoms with Gasteiger partial charge in [-0.1, -0.05) is 19.9 Å². The SMILES string of the molecule is CCC(C)c1ccc([N+](=O)[O-])cc1S(=O)(=O)Cl. The highest BCUT2D eigenvalue weighted by Gasteiger charge is 2.22. The summed E-state index contributed by atoms with van der Waals surface area (Å²) < 4.78 is 22.8. The third-order valence-electron chi connectivity index (χ3n) is 2.61. The van der Waals surface area contributed by atoms with E-state index < -0.39 is 14.0 Å². The van der Waals surface area contributed by atoms with Gasteiger partial charge < -0.3 is 0 Å². The van der Waals surface area contributed by atoms with Crippen molar-refractivity contribution in [2.24, 2.45) is 0 Å². The molecule has 0 aliphatic rings. The molecule has 0 aliphatic carbocycles. The van der Waals surface area contributed by atoms with Crippen LogP contribution >= 0.6 is 10.7 Å². The standard InChI is InChI=1S/C10H12ClNO4S/c1-3-7(2)9-5-4-8(12(13)14)6-10(9)17(11,15)16/h4-7H,3H2,1-2H3. The Labute approximate surface area is 104 Å². The number of hydrogen-bond acceptors (Lipinski definition) is 4. The largest absolute Gasteiger partial charge is 0.270 e. The second-order valence-electron chi connectivity index (χ2n) is 3.73. The molecule has 0 saturated heterocycles. The molecule has 1 aromatic carbocycles. The molecule has 0 bridgehead atoms. The van der Waals surface area contributed by atoms with Crippen molar-refractivity contribution in [2.45, 2.75) is 31.1 Å². The summed E-state index contributed by atoms with van der Waals surface area (Å²) in [6.45, 7) is 3.74. The monoisotopic (exact) mass is 277 g/mol. The van der Waals surface area contributed by atoms with Crippen molar-refractivity contribution < 1.29 is 13.3 Å². The van der Waals surface area contributed by atoms with Gasteiger partial charge in [-0.05, 0) is 17.9 Å². The maximum atomic E-state index is 11.4. The number of non-ortho nitro benzene ring substituents is 1. The van der Waals surface area contributed by atoms with E-state index in [9.17, 15) is 18.5 Å². The lowest BCUT2D eigenvalue weighted by molar-refractivity contribution is -0.385. The Hall–Kier alpha value is -1.14. The Kier molecular flexibility index (Phi) is 4.11. The van der Waals surface area contributed by atoms with Gasteiger partial charge in [-0.2, -0.15) is 0 Å². The average Bonchev–Trinajstić information content (AvgIpc) is 2.26. The molecule has 0 radical (unpaired) electrons. The van der Waals surface area contributed by atoms with Crippen LogP contribution in [0, 0.1) is 10.1 Å². The number of halogens is 1. The van der Waals surface area contributed by atoms with Gasteiger partial charge in [0, 0.05) is 22.8 Å². The summed E-state index contributed by atoms with van der Waals surface area (Å²) in [5.41, 5.74) is 0.226. The maximum Gasteiger partial charge on any atom is 0.270 e. The van der Waals surface area contributed by atoms with Gasteiger partial charge in [-0.3, -0.25) is 10.1 Å². The average molecular weight is 278 g/mol. The van der Waals surface area contributed by atoms with Crippen molar-refractivity contribution in [3.05, 3.63) is 33.9 Å². The van der Waals surface area contributed by atoms with Crippen LogP contribution in [0.25, 0.3) is 0 Å². The van der Waals surface area contributed by atoms with E-state index in [1.807, 2.05) is 13.8 Å². The fourth-order valence-electron chi connectivity index (χ4n) is 1.47. The molecule has 5 nitrogen and oxygen atoms in total. The molecular weight excluding hydrogens is 266 g/mol. The summed E-state index contributed by atoms with van der Waals surface area (Å²) in [5, 5.41) is 10.6. The van der Waals surface area contributed by atoms with Crippen LogP contribution in [0.5, 0.6) is 0 Å². The Morgan fingerprint density at radius 3 is 2.47 bits per heavy atom. The molecule has 0 N–H and O–H groups in total. The second-order valence-corrected chi connectivity index (χ2v) is 6.26. The van der Waals surface area contributed by atoms with Crippen LogP contribution in [0.1, 0.15) is 31.7 Å². The van der Waals surface area contributed by atoms with Crippen molar-refractivity contribution in [3.8, 4) is 0 Å². The number of rotatable bonds is 4. The van der Waals surface area contributed by atoms with Gasteiger partial charge in [0.05, 0.1) is 9.82 Å². The van der Waals surface area contributed by atoms with Gasteiger partial charge >= 0.3 is 0 Å². The van der Waals surface area contributed by atoms with E-state index in [2.05, 4.69) is 0 Å². The van der Waals surface area contributed by atoms with Crippen LogP contribution in [0.15, 0.2) is 23.1 Å². The van der Waals surface area contributed by atoms with Gasteiger partial charge in [0.1, 0.15) is 0 Å². The van der Waals surface area contributed by atoms with Crippen molar-refractivity contribution in [1.82, 2.24) is 0 Å². The van der Waals surface area contributed by atoms with E-state index in [1.165, 1.54) is 12.1 Å². The zero-order chi connectivity index (χ0) is 13.2. The van der Waals surface area contributed by atoms with E-state index in [4.69, 9.17) is 10.7 Å². The molecule has 1 unspecified atom stereocenters. The lowest BCUT2D eigenvalue weighted by Crippen LogP contribution is -2.03. The highest BCUT2D eigenvalue weighted by Crippen LogP contribution is 2.31. The molecule has 0 heterocycles. The molecule has 0 saturated carbocycles. The first-order valence-electron chi connectivity index (χ1n) is 5.00. The minimum atomic E-state index is -3.98. The number of nitro benzene ring substituents is 1. The molecular formula is C10H12ClNO4S. The van der Waals surface area contributed by atoms with Gasteiger partial charge in [0.25, 0.3) is 14.7 Å². The highest BCUT2D eigenvalue weighted by molar-refractivity contribution is 8.13. The van der Waals surface area contributed by atoms with Crippen LogP contribution in [-0.2, 0) is 9.05 Å². The smallest absolute Gasteiger partial charge is 0.258 e. The highest BCUT2D eigenvalue weighted by atomic mass is 35.7. The molecule has 17 heavy (non-hydrogen) atoms. The predicted molar refractivity (Wildman–Crippen MR) is 64.8 cm³/mol. The number of nitrogens with zero attached hydrogens (tertiary/aromatic N) is 1. The Morgan fingerprint density at radius 2 is 2.06 bits per heavy atom. The minimum absolute atomic E-state index is 0.0284. The normalized spacial score (nSPS) is 13.4. The fourth-order valence-corrected chi connectivity index (χ4v) is 2.69. The van der Waals surface area contributed by atoms with Crippen molar-refractivity contribution >= 4 is 25.4 Å². The number of hydrogen-bond donors (Lipinski definition) is 0. The molecule has 0 amide bonds. The van der Waals surface area contributed by atoms with E-state index in [-0.39, 0.29) is 16.5 Å². The topological polar surface area (TPSA) is 77.3 Å². The van der Waals surface area contributed by atoms with E-state index in [1.54, 1.807) is 0 Å². The van der Waals surface area contributed by atoms with Gasteiger partial charge in [-0.25, -0.2) is 8.42 Å². The molecule has 1 atom stereocenters. The molecule has 7 heteroatoms. The predicted octanol–water partition coefficient (Wildman–Crippen LogP) is 3.04. The van der Waals surface area contributed by atoms with Crippen LogP contribution < -0.4 is 0 Å². The molecule has 0 spiro atoms. The van der Waals surface area contributed by atoms with E-state index >= 15 is 0 Å². The molecule has 1 rings (SSSR count). The number of benzene rings is 1. The van der Waals surface area contributed by atoms with Crippen molar-refractivity contribution in [1.29, 1.82) is 0 Å². The Morgan fingerprint density at radius 1 is 1.47 bits per heavy atom. The molecule has 1 aromatic rings. The van der Waals surface area contributed by atoms with Crippen molar-refractivity contribution in [3.63, 3.8) is 0 Å². The van der Waals surface area contributed by atoms with E-state index in [0.717, 1.165) is 12.5 Å². The van der Waals surface area contributed by atoms with Crippen molar-refractivity contribution in [2.75, 3.05) is 0 Å². The fraction of sp³-hybridized carbons (Fsp3) is 0.400. The first-order valence-corrected chi connectivity index (χ1v) is 7.31. The molecule has 0 fully saturated rings. The Bertz CT molecular complexity index is 541. The molecule has 94 valence electrons. The molecule has 0 aromatic heterocycles. The van der Waals surface area contributed by atoms with E-state index in [0.29, 0.717) is 5.56 Å². The lowest BCUT2D eigenvalue weighted by atomic mass is 9.98. The second kappa shape index (κ2) is 5.01. The van der Waals surface area contributed by atoms with Gasteiger partial charge in [0.15, 0.2) is 0 Å². The zero-order valence-corrected chi connectivity index (χ0v) is 11.0. The minimum Gasteiger partial charge on any atom is -0.258 e. The summed E-state index contributed by atoms with van der Waals surface area (Å²) in [6.07, 6.45) is 0.719. The van der Waals surface area contributed by atoms with Crippen LogP contribution in [-0.4, -0.2) is 13.3 Å². The summed E-state index contributed by atoms with van der Waals surface area (Å²) in [4.78, 5) is 9.77. The third kappa shape index (κ3) is 3.17. The van der Waals surface area contributed by atoms with Crippen LogP contribution in [0.2, 0.25) is 0 Å². The summed E-state index contributed by atoms with van der Waals surface area (Å²) in [7, 11) is 1.31. The summed E-state index contributed by atoms with van der Waals surface area (Å²) in [5.74, 6) is -0.0284. The third-order valence-corrected chi connectivity index (χ3v) is 3.99. The summed E-state index contributed by atoms with van der Waals surface area (Å²) in [6, 6.07) is 3.73. The number of nitro groups is 1. The first-order chi connectivity index (χ1) is 7.77. The zero-order valence-electron chi connectivity index (χ0n) is 9.38. The maximum absolute atomic E-state index is 11.4. The van der Waals surface area contributed by atoms with Crippen LogP contribution in [0.3, 0.4) is 0 Å². The quantitative estimate of drug-likeness (QED) is 0.481. The van der Waals surface area contributed by atoms with Gasteiger partial charge in [0.2, 0.25) is 0 Å².